The van der Waals surface area contributed by atoms with E-state index in [-0.39, 0.29) is 18.3 Å². The second kappa shape index (κ2) is 10.7. The van der Waals surface area contributed by atoms with Crippen molar-refractivity contribution >= 4 is 18.3 Å². The average molecular weight is 349 g/mol. The lowest BCUT2D eigenvalue weighted by Gasteiger charge is -2.12. The van der Waals surface area contributed by atoms with Gasteiger partial charge in [-0.2, -0.15) is 0 Å². The summed E-state index contributed by atoms with van der Waals surface area (Å²) in [5.74, 6) is 1.63. The number of carbonyl (C=O) groups is 1. The summed E-state index contributed by atoms with van der Waals surface area (Å²) in [7, 11) is 1.89. The van der Waals surface area contributed by atoms with Gasteiger partial charge in [0.1, 0.15) is 11.5 Å². The molecule has 0 aliphatic heterocycles. The van der Waals surface area contributed by atoms with E-state index in [1.807, 2.05) is 62.5 Å². The van der Waals surface area contributed by atoms with Crippen molar-refractivity contribution in [3.05, 3.63) is 59.7 Å². The number of aryl methyl sites for hydroxylation is 1. The van der Waals surface area contributed by atoms with Crippen molar-refractivity contribution in [3.63, 3.8) is 0 Å². The number of nitrogens with one attached hydrogen (secondary N) is 2. The molecule has 2 N–H and O–H groups in total. The monoisotopic (exact) mass is 348 g/mol. The number of ether oxygens (including phenoxy) is 1. The van der Waals surface area contributed by atoms with Gasteiger partial charge in [0.2, 0.25) is 5.91 Å². The first kappa shape index (κ1) is 20.0. The van der Waals surface area contributed by atoms with Crippen molar-refractivity contribution in [1.29, 1.82) is 0 Å². The Kier molecular flexibility index (Phi) is 8.90. The average Bonchev–Trinajstić information content (AvgIpc) is 2.56. The number of hydrogen-bond donors (Lipinski definition) is 2. The highest BCUT2D eigenvalue weighted by molar-refractivity contribution is 5.85. The molecule has 4 nitrogen and oxygen atoms in total. The summed E-state index contributed by atoms with van der Waals surface area (Å²) in [5.41, 5.74) is 2.16. The molecule has 0 saturated heterocycles. The van der Waals surface area contributed by atoms with Crippen molar-refractivity contribution in [3.8, 4) is 11.5 Å². The Hall–Kier alpha value is -2.04. The Labute approximate surface area is 150 Å². The third-order valence-corrected chi connectivity index (χ3v) is 3.53. The van der Waals surface area contributed by atoms with Crippen LogP contribution < -0.4 is 15.4 Å². The van der Waals surface area contributed by atoms with Gasteiger partial charge in [-0.15, -0.1) is 12.4 Å². The highest BCUT2D eigenvalue weighted by Crippen LogP contribution is 2.25. The van der Waals surface area contributed by atoms with E-state index in [1.54, 1.807) is 0 Å². The number of hydrogen-bond acceptors (Lipinski definition) is 3. The van der Waals surface area contributed by atoms with E-state index < -0.39 is 0 Å². The van der Waals surface area contributed by atoms with Crippen molar-refractivity contribution in [2.75, 3.05) is 13.6 Å². The van der Waals surface area contributed by atoms with E-state index in [0.717, 1.165) is 30.0 Å². The highest BCUT2D eigenvalue weighted by Gasteiger charge is 2.06. The molecular weight excluding hydrogens is 324 g/mol. The van der Waals surface area contributed by atoms with Crippen LogP contribution >= 0.6 is 12.4 Å². The second-order valence-electron chi connectivity index (χ2n) is 5.51. The maximum Gasteiger partial charge on any atom is 0.220 e. The molecule has 0 unspecified atom stereocenters. The Balaban J connectivity index is 0.00000288. The highest BCUT2D eigenvalue weighted by atomic mass is 35.5. The molecule has 5 heteroatoms. The lowest BCUT2D eigenvalue weighted by atomic mass is 10.2. The molecule has 0 aliphatic rings. The summed E-state index contributed by atoms with van der Waals surface area (Å²) in [6.45, 7) is 3.36. The fourth-order valence-corrected chi connectivity index (χ4v) is 2.19. The number of benzene rings is 2. The number of amides is 1. The van der Waals surface area contributed by atoms with Crippen LogP contribution in [-0.4, -0.2) is 19.5 Å². The van der Waals surface area contributed by atoms with Crippen LogP contribution in [0.15, 0.2) is 48.5 Å². The largest absolute Gasteiger partial charge is 0.457 e. The van der Waals surface area contributed by atoms with Gasteiger partial charge >= 0.3 is 0 Å². The Morgan fingerprint density at radius 3 is 2.50 bits per heavy atom. The third kappa shape index (κ3) is 6.60. The summed E-state index contributed by atoms with van der Waals surface area (Å²) >= 11 is 0. The van der Waals surface area contributed by atoms with E-state index in [0.29, 0.717) is 13.0 Å². The fourth-order valence-electron chi connectivity index (χ4n) is 2.19. The first-order chi connectivity index (χ1) is 11.2. The van der Waals surface area contributed by atoms with E-state index in [1.165, 1.54) is 5.56 Å². The Morgan fingerprint density at radius 2 is 1.79 bits per heavy atom. The van der Waals surface area contributed by atoms with Crippen LogP contribution in [0.25, 0.3) is 0 Å². The zero-order valence-electron chi connectivity index (χ0n) is 14.2. The van der Waals surface area contributed by atoms with Gasteiger partial charge in [0.05, 0.1) is 0 Å². The summed E-state index contributed by atoms with van der Waals surface area (Å²) in [4.78, 5) is 11.8. The summed E-state index contributed by atoms with van der Waals surface area (Å²) in [5, 5.41) is 5.98. The maximum absolute atomic E-state index is 11.8. The minimum atomic E-state index is 0. The molecule has 0 bridgehead atoms. The molecule has 1 amide bonds. The van der Waals surface area contributed by atoms with Gasteiger partial charge in [-0.25, -0.2) is 0 Å². The summed E-state index contributed by atoms with van der Waals surface area (Å²) in [6, 6.07) is 15.7. The van der Waals surface area contributed by atoms with Crippen LogP contribution in [0.3, 0.4) is 0 Å². The molecular formula is C19H25ClN2O2. The predicted octanol–water partition coefficient (Wildman–Crippen LogP) is 3.82. The van der Waals surface area contributed by atoms with Gasteiger partial charge in [0.15, 0.2) is 0 Å². The molecule has 0 atom stereocenters. The van der Waals surface area contributed by atoms with Gasteiger partial charge in [0.25, 0.3) is 0 Å². The molecule has 0 heterocycles. The quantitative estimate of drug-likeness (QED) is 0.713. The molecule has 0 saturated carbocycles. The first-order valence-corrected chi connectivity index (χ1v) is 7.93. The minimum Gasteiger partial charge on any atom is -0.457 e. The van der Waals surface area contributed by atoms with Crippen molar-refractivity contribution < 1.29 is 9.53 Å². The van der Waals surface area contributed by atoms with E-state index in [9.17, 15) is 4.79 Å². The molecule has 0 spiro atoms. The molecule has 0 radical (unpaired) electrons. The van der Waals surface area contributed by atoms with Gasteiger partial charge < -0.3 is 15.4 Å². The van der Waals surface area contributed by atoms with E-state index in [2.05, 4.69) is 10.6 Å². The van der Waals surface area contributed by atoms with Crippen LogP contribution in [0.5, 0.6) is 11.5 Å². The molecule has 2 rings (SSSR count). The van der Waals surface area contributed by atoms with E-state index >= 15 is 0 Å². The fraction of sp³-hybridized carbons (Fsp3) is 0.316. The molecule has 0 aromatic heterocycles. The summed E-state index contributed by atoms with van der Waals surface area (Å²) in [6.07, 6.45) is 1.37. The SMILES string of the molecule is CNCCCC(=O)NCc1ccccc1Oc1ccc(C)cc1.Cl. The molecule has 24 heavy (non-hydrogen) atoms. The first-order valence-electron chi connectivity index (χ1n) is 7.93. The smallest absolute Gasteiger partial charge is 0.220 e. The molecule has 2 aromatic carbocycles. The van der Waals surface area contributed by atoms with Crippen LogP contribution in [0.4, 0.5) is 0 Å². The van der Waals surface area contributed by atoms with Crippen LogP contribution in [0.1, 0.15) is 24.0 Å². The van der Waals surface area contributed by atoms with Gasteiger partial charge in [-0.3, -0.25) is 4.79 Å². The number of carbonyl (C=O) groups excluding carboxylic acids is 1. The Bertz CT molecular complexity index is 630. The van der Waals surface area contributed by atoms with Crippen LogP contribution in [0.2, 0.25) is 0 Å². The lowest BCUT2D eigenvalue weighted by molar-refractivity contribution is -0.121. The molecule has 130 valence electrons. The van der Waals surface area contributed by atoms with Crippen LogP contribution in [-0.2, 0) is 11.3 Å². The molecule has 2 aromatic rings. The van der Waals surface area contributed by atoms with Crippen molar-refractivity contribution in [1.82, 2.24) is 10.6 Å². The minimum absolute atomic E-state index is 0. The van der Waals surface area contributed by atoms with Crippen molar-refractivity contribution in [2.24, 2.45) is 0 Å². The molecule has 0 fully saturated rings. The standard InChI is InChI=1S/C19H24N2O2.ClH/c1-15-9-11-17(12-10-15)23-18-7-4-3-6-16(18)14-21-19(22)8-5-13-20-2;/h3-4,6-7,9-12,20H,5,8,13-14H2,1-2H3,(H,21,22);1H. The maximum atomic E-state index is 11.8. The van der Waals surface area contributed by atoms with Crippen molar-refractivity contribution in [2.45, 2.75) is 26.3 Å². The zero-order chi connectivity index (χ0) is 16.5. The predicted molar refractivity (Wildman–Crippen MR) is 100.0 cm³/mol. The number of para-hydroxylation sites is 1. The Morgan fingerprint density at radius 1 is 1.08 bits per heavy atom. The number of rotatable bonds is 8. The normalized spacial score (nSPS) is 9.92. The number of halogens is 1. The second-order valence-corrected chi connectivity index (χ2v) is 5.51. The van der Waals surface area contributed by atoms with E-state index in [4.69, 9.17) is 4.74 Å². The lowest BCUT2D eigenvalue weighted by Crippen LogP contribution is -2.23. The third-order valence-electron chi connectivity index (χ3n) is 3.53. The van der Waals surface area contributed by atoms with Gasteiger partial charge in [-0.1, -0.05) is 35.9 Å². The van der Waals surface area contributed by atoms with Crippen LogP contribution in [0, 0.1) is 6.92 Å². The van der Waals surface area contributed by atoms with Gasteiger partial charge in [0, 0.05) is 18.5 Å². The topological polar surface area (TPSA) is 50.4 Å². The zero-order valence-corrected chi connectivity index (χ0v) is 15.0. The van der Waals surface area contributed by atoms with Gasteiger partial charge in [-0.05, 0) is 45.1 Å². The molecule has 0 aliphatic carbocycles. The summed E-state index contributed by atoms with van der Waals surface area (Å²) < 4.78 is 5.93.